The van der Waals surface area contributed by atoms with Crippen molar-refractivity contribution in [1.82, 2.24) is 9.88 Å². The van der Waals surface area contributed by atoms with Crippen molar-refractivity contribution in [2.75, 3.05) is 25.5 Å². The van der Waals surface area contributed by atoms with Crippen molar-refractivity contribution in [1.29, 1.82) is 0 Å². The molecule has 1 saturated carbocycles. The number of hydrogen-bond donors (Lipinski definition) is 1. The fourth-order valence-corrected chi connectivity index (χ4v) is 3.49. The maximum Gasteiger partial charge on any atom is 0.305 e. The minimum Gasteiger partial charge on any atom is -0.469 e. The number of rotatable bonds is 6. The fraction of sp³-hybridized carbons (Fsp3) is 0.714. The lowest BCUT2D eigenvalue weighted by molar-refractivity contribution is -0.140. The number of hydrogen-bond acceptors (Lipinski definition) is 6. The average Bonchev–Trinajstić information content (AvgIpc) is 3.04. The van der Waals surface area contributed by atoms with Crippen LogP contribution in [0, 0.1) is 0 Å². The lowest BCUT2D eigenvalue weighted by Crippen LogP contribution is -2.27. The average molecular weight is 295 g/mol. The summed E-state index contributed by atoms with van der Waals surface area (Å²) >= 11 is 1.63. The summed E-state index contributed by atoms with van der Waals surface area (Å²) in [6, 6.07) is 1.38. The van der Waals surface area contributed by atoms with E-state index in [1.807, 2.05) is 5.38 Å². The van der Waals surface area contributed by atoms with Crippen LogP contribution in [0.3, 0.4) is 0 Å². The molecule has 0 bridgehead atoms. The molecule has 110 valence electrons. The zero-order valence-corrected chi connectivity index (χ0v) is 12.6. The molecule has 6 heteroatoms. The second kappa shape index (κ2) is 6.10. The van der Waals surface area contributed by atoms with E-state index in [4.69, 9.17) is 0 Å². The van der Waals surface area contributed by atoms with E-state index in [2.05, 4.69) is 19.9 Å². The van der Waals surface area contributed by atoms with Gasteiger partial charge in [0.05, 0.1) is 19.2 Å². The molecule has 1 aliphatic carbocycles. The SMILES string of the molecule is COC(=O)CCc1csc(NC2CCN(C3CC3)C2)n1. The molecule has 1 N–H and O–H groups in total. The number of nitrogens with zero attached hydrogens (tertiary/aromatic N) is 2. The van der Waals surface area contributed by atoms with E-state index in [1.54, 1.807) is 11.3 Å². The van der Waals surface area contributed by atoms with Gasteiger partial charge >= 0.3 is 5.97 Å². The molecule has 3 rings (SSSR count). The van der Waals surface area contributed by atoms with Gasteiger partial charge in [-0.05, 0) is 19.3 Å². The summed E-state index contributed by atoms with van der Waals surface area (Å²) in [5, 5.41) is 6.53. The van der Waals surface area contributed by atoms with Gasteiger partial charge < -0.3 is 10.1 Å². The summed E-state index contributed by atoms with van der Waals surface area (Å²) in [6.07, 6.45) is 5.01. The Kier molecular flexibility index (Phi) is 4.21. The van der Waals surface area contributed by atoms with Crippen LogP contribution < -0.4 is 5.32 Å². The summed E-state index contributed by atoms with van der Waals surface area (Å²) in [6.45, 7) is 2.35. The van der Waals surface area contributed by atoms with Gasteiger partial charge in [-0.3, -0.25) is 9.69 Å². The van der Waals surface area contributed by atoms with Gasteiger partial charge in [0, 0.05) is 37.0 Å². The van der Waals surface area contributed by atoms with Crippen LogP contribution in [0.25, 0.3) is 0 Å². The number of ether oxygens (including phenoxy) is 1. The first-order valence-corrected chi connectivity index (χ1v) is 8.14. The molecule has 0 spiro atoms. The molecule has 20 heavy (non-hydrogen) atoms. The van der Waals surface area contributed by atoms with Gasteiger partial charge in [0.2, 0.25) is 0 Å². The standard InChI is InChI=1S/C14H21N3O2S/c1-19-13(18)5-2-11-9-20-14(16-11)15-10-6-7-17(8-10)12-3-4-12/h9-10,12H,2-8H2,1H3,(H,15,16). The lowest BCUT2D eigenvalue weighted by Gasteiger charge is -2.15. The van der Waals surface area contributed by atoms with Crippen molar-refractivity contribution in [3.05, 3.63) is 11.1 Å². The number of methoxy groups -OCH3 is 1. The Morgan fingerprint density at radius 1 is 1.55 bits per heavy atom. The van der Waals surface area contributed by atoms with E-state index in [1.165, 1.54) is 32.9 Å². The largest absolute Gasteiger partial charge is 0.469 e. The third-order valence-corrected chi connectivity index (χ3v) is 4.80. The van der Waals surface area contributed by atoms with E-state index in [0.717, 1.165) is 23.4 Å². The maximum atomic E-state index is 11.1. The van der Waals surface area contributed by atoms with E-state index in [-0.39, 0.29) is 5.97 Å². The van der Waals surface area contributed by atoms with Gasteiger partial charge in [0.1, 0.15) is 0 Å². The molecule has 1 atom stereocenters. The number of carbonyl (C=O) groups excluding carboxylic acids is 1. The van der Waals surface area contributed by atoms with Crippen molar-refractivity contribution in [3.8, 4) is 0 Å². The van der Waals surface area contributed by atoms with Gasteiger partial charge in [0.15, 0.2) is 5.13 Å². The van der Waals surface area contributed by atoms with Crippen molar-refractivity contribution < 1.29 is 9.53 Å². The van der Waals surface area contributed by atoms with E-state index in [9.17, 15) is 4.79 Å². The second-order valence-electron chi connectivity index (χ2n) is 5.58. The molecule has 1 aliphatic heterocycles. The molecule has 5 nitrogen and oxygen atoms in total. The van der Waals surface area contributed by atoms with Crippen molar-refractivity contribution in [3.63, 3.8) is 0 Å². The number of likely N-dealkylation sites (tertiary alicyclic amines) is 1. The van der Waals surface area contributed by atoms with Gasteiger partial charge in [-0.15, -0.1) is 11.3 Å². The number of anilines is 1. The van der Waals surface area contributed by atoms with Crippen molar-refractivity contribution in [2.45, 2.75) is 44.2 Å². The van der Waals surface area contributed by atoms with Crippen LogP contribution in [-0.4, -0.2) is 48.1 Å². The van der Waals surface area contributed by atoms with Gasteiger partial charge in [0.25, 0.3) is 0 Å². The molecule has 1 aromatic rings. The fourth-order valence-electron chi connectivity index (χ4n) is 2.67. The molecule has 2 heterocycles. The summed E-state index contributed by atoms with van der Waals surface area (Å²) in [5.74, 6) is -0.177. The van der Waals surface area contributed by atoms with Crippen LogP contribution in [0.1, 0.15) is 31.4 Å². The monoisotopic (exact) mass is 295 g/mol. The summed E-state index contributed by atoms with van der Waals surface area (Å²) in [5.41, 5.74) is 0.972. The lowest BCUT2D eigenvalue weighted by atomic mass is 10.2. The van der Waals surface area contributed by atoms with Crippen LogP contribution >= 0.6 is 11.3 Å². The minimum absolute atomic E-state index is 0.177. The molecule has 2 aliphatic rings. The Morgan fingerprint density at radius 2 is 2.40 bits per heavy atom. The van der Waals surface area contributed by atoms with E-state index >= 15 is 0 Å². The number of esters is 1. The number of thiazole rings is 1. The van der Waals surface area contributed by atoms with E-state index in [0.29, 0.717) is 18.9 Å². The highest BCUT2D eigenvalue weighted by Crippen LogP contribution is 2.31. The molecule has 1 saturated heterocycles. The normalized spacial score (nSPS) is 22.9. The van der Waals surface area contributed by atoms with Crippen LogP contribution in [0.15, 0.2) is 5.38 Å². The zero-order chi connectivity index (χ0) is 13.9. The molecule has 1 aromatic heterocycles. The number of carbonyl (C=O) groups is 1. The highest BCUT2D eigenvalue weighted by atomic mass is 32.1. The summed E-state index contributed by atoms with van der Waals surface area (Å²) < 4.78 is 4.64. The molecule has 0 amide bonds. The Morgan fingerprint density at radius 3 is 3.15 bits per heavy atom. The Hall–Kier alpha value is -1.14. The highest BCUT2D eigenvalue weighted by molar-refractivity contribution is 7.13. The van der Waals surface area contributed by atoms with Crippen LogP contribution in [0.5, 0.6) is 0 Å². The first-order valence-electron chi connectivity index (χ1n) is 7.26. The predicted octanol–water partition coefficient (Wildman–Crippen LogP) is 1.90. The first kappa shape index (κ1) is 13.8. The Bertz CT molecular complexity index is 473. The maximum absolute atomic E-state index is 11.1. The van der Waals surface area contributed by atoms with Crippen molar-refractivity contribution >= 4 is 22.4 Å². The topological polar surface area (TPSA) is 54.5 Å². The van der Waals surface area contributed by atoms with Crippen LogP contribution in [0.2, 0.25) is 0 Å². The number of nitrogens with one attached hydrogen (secondary N) is 1. The summed E-state index contributed by atoms with van der Waals surface area (Å²) in [7, 11) is 1.42. The zero-order valence-electron chi connectivity index (χ0n) is 11.8. The van der Waals surface area contributed by atoms with Crippen LogP contribution in [0.4, 0.5) is 5.13 Å². The van der Waals surface area contributed by atoms with E-state index < -0.39 is 0 Å². The summed E-state index contributed by atoms with van der Waals surface area (Å²) in [4.78, 5) is 18.2. The van der Waals surface area contributed by atoms with Gasteiger partial charge in [-0.1, -0.05) is 0 Å². The third-order valence-electron chi connectivity index (χ3n) is 3.98. The number of aryl methyl sites for hydroxylation is 1. The Balaban J connectivity index is 1.46. The molecular formula is C14H21N3O2S. The van der Waals surface area contributed by atoms with Crippen LogP contribution in [-0.2, 0) is 16.0 Å². The number of aromatic nitrogens is 1. The molecule has 0 aromatic carbocycles. The molecular weight excluding hydrogens is 274 g/mol. The smallest absolute Gasteiger partial charge is 0.305 e. The van der Waals surface area contributed by atoms with Crippen molar-refractivity contribution in [2.24, 2.45) is 0 Å². The molecule has 1 unspecified atom stereocenters. The predicted molar refractivity (Wildman–Crippen MR) is 79.1 cm³/mol. The quantitative estimate of drug-likeness (QED) is 0.812. The van der Waals surface area contributed by atoms with Gasteiger partial charge in [-0.2, -0.15) is 0 Å². The molecule has 0 radical (unpaired) electrons. The molecule has 2 fully saturated rings. The second-order valence-corrected chi connectivity index (χ2v) is 6.43. The minimum atomic E-state index is -0.177. The van der Waals surface area contributed by atoms with Gasteiger partial charge in [-0.25, -0.2) is 4.98 Å². The highest BCUT2D eigenvalue weighted by Gasteiger charge is 2.34. The Labute approximate surface area is 123 Å². The third kappa shape index (κ3) is 3.49. The first-order chi connectivity index (χ1) is 9.74.